The van der Waals surface area contributed by atoms with Crippen molar-refractivity contribution in [2.24, 2.45) is 0 Å². The number of hydrogen-bond donors (Lipinski definition) is 2. The van der Waals surface area contributed by atoms with Gasteiger partial charge in [-0.2, -0.15) is 0 Å². The first-order valence-electron chi connectivity index (χ1n) is 0.651. The van der Waals surface area contributed by atoms with E-state index in [2.05, 4.69) is 0 Å². The standard InChI is InChI=1S/Na.H2O3Si.H2O/c;1-4(2)3;/h;1-2H;1H2. The summed E-state index contributed by atoms with van der Waals surface area (Å²) in [5.74, 6) is 0. The number of rotatable bonds is 0. The molecule has 6 heavy (non-hydrogen) atoms. The summed E-state index contributed by atoms with van der Waals surface area (Å²) in [5, 5.41) is 0. The Morgan fingerprint density at radius 3 is 1.33 bits per heavy atom. The molecule has 0 aliphatic carbocycles. The maximum Gasteiger partial charge on any atom is 0.761 e. The molecule has 1 radical (unpaired) electrons. The Kier molecular flexibility index (Phi) is 24.3. The van der Waals surface area contributed by atoms with Crippen molar-refractivity contribution in [1.82, 2.24) is 0 Å². The minimum atomic E-state index is -3.13. The predicted molar refractivity (Wildman–Crippen MR) is 20.2 cm³/mol. The molecule has 0 aromatic heterocycles. The van der Waals surface area contributed by atoms with E-state index in [9.17, 15) is 0 Å². The van der Waals surface area contributed by atoms with Gasteiger partial charge >= 0.3 is 9.17 Å². The van der Waals surface area contributed by atoms with E-state index in [0.717, 1.165) is 0 Å². The van der Waals surface area contributed by atoms with Crippen LogP contribution in [-0.4, -0.2) is 53.8 Å². The zero-order valence-corrected chi connectivity index (χ0v) is 6.30. The molecule has 0 bridgehead atoms. The van der Waals surface area contributed by atoms with Crippen LogP contribution < -0.4 is 0 Å². The zero-order chi connectivity index (χ0) is 3.58. The fourth-order valence-corrected chi connectivity index (χ4v) is 0. The molecule has 0 aliphatic rings. The Labute approximate surface area is 58.3 Å². The fraction of sp³-hybridized carbons (Fsp3) is 0. The summed E-state index contributed by atoms with van der Waals surface area (Å²) in [7, 11) is -3.13. The van der Waals surface area contributed by atoms with Crippen molar-refractivity contribution >= 4 is 38.7 Å². The molecular weight excluding hydrogens is 115 g/mol. The zero-order valence-electron chi connectivity index (χ0n) is 3.30. The minimum absolute atomic E-state index is 0. The Morgan fingerprint density at radius 2 is 1.33 bits per heavy atom. The van der Waals surface area contributed by atoms with Crippen LogP contribution in [0.2, 0.25) is 0 Å². The molecule has 0 aromatic carbocycles. The van der Waals surface area contributed by atoms with Crippen molar-refractivity contribution in [3.8, 4) is 0 Å². The molecule has 0 atom stereocenters. The van der Waals surface area contributed by atoms with Crippen molar-refractivity contribution in [3.63, 3.8) is 0 Å². The smallest absolute Gasteiger partial charge is 0.511 e. The monoisotopic (exact) mass is 119 g/mol. The van der Waals surface area contributed by atoms with Crippen LogP contribution in [0, 0.1) is 0 Å². The fourth-order valence-electron chi connectivity index (χ4n) is 0. The van der Waals surface area contributed by atoms with E-state index in [1.54, 1.807) is 0 Å². The Bertz CT molecular complexity index is 30.5. The van der Waals surface area contributed by atoms with Gasteiger partial charge in [-0.05, 0) is 0 Å². The Morgan fingerprint density at radius 1 is 1.33 bits per heavy atom. The van der Waals surface area contributed by atoms with Crippen LogP contribution in [-0.2, 0) is 4.46 Å². The molecule has 4 nitrogen and oxygen atoms in total. The van der Waals surface area contributed by atoms with Gasteiger partial charge in [-0.25, -0.2) is 0 Å². The van der Waals surface area contributed by atoms with E-state index in [1.807, 2.05) is 0 Å². The van der Waals surface area contributed by atoms with Crippen molar-refractivity contribution in [3.05, 3.63) is 0 Å². The summed E-state index contributed by atoms with van der Waals surface area (Å²) in [4.78, 5) is 14.3. The van der Waals surface area contributed by atoms with Gasteiger partial charge in [0.1, 0.15) is 0 Å². The molecule has 6 heteroatoms. The van der Waals surface area contributed by atoms with Crippen molar-refractivity contribution in [2.45, 2.75) is 0 Å². The predicted octanol–water partition coefficient (Wildman–Crippen LogP) is -2.82. The summed E-state index contributed by atoms with van der Waals surface area (Å²) in [6, 6.07) is 0. The maximum atomic E-state index is 8.74. The first-order valence-corrected chi connectivity index (χ1v) is 1.95. The molecule has 0 amide bonds. The van der Waals surface area contributed by atoms with Crippen molar-refractivity contribution in [2.75, 3.05) is 0 Å². The van der Waals surface area contributed by atoms with Crippen LogP contribution in [0.25, 0.3) is 0 Å². The number of hydrogen-bond acceptors (Lipinski definition) is 1. The Balaban J connectivity index is -0.0000000450. The molecule has 0 aliphatic heterocycles. The van der Waals surface area contributed by atoms with E-state index in [4.69, 9.17) is 14.1 Å². The molecule has 0 saturated carbocycles. The van der Waals surface area contributed by atoms with Gasteiger partial charge in [0.15, 0.2) is 0 Å². The van der Waals surface area contributed by atoms with E-state index in [-0.39, 0.29) is 35.0 Å². The van der Waals surface area contributed by atoms with Gasteiger partial charge in [0.05, 0.1) is 0 Å². The van der Waals surface area contributed by atoms with E-state index in [1.165, 1.54) is 0 Å². The average Bonchev–Trinajstić information content (AvgIpc) is 0.811. The second kappa shape index (κ2) is 9.13. The summed E-state index contributed by atoms with van der Waals surface area (Å²) in [5.41, 5.74) is 0. The Hall–Kier alpha value is 0.577. The first kappa shape index (κ1) is 16.0. The second-order valence-electron chi connectivity index (χ2n) is 0.283. The van der Waals surface area contributed by atoms with Gasteiger partial charge in [0, 0.05) is 29.6 Å². The van der Waals surface area contributed by atoms with Gasteiger partial charge in [-0.15, -0.1) is 0 Å². The third-order valence-corrected chi connectivity index (χ3v) is 0. The minimum Gasteiger partial charge on any atom is -0.511 e. The average molecular weight is 119 g/mol. The largest absolute Gasteiger partial charge is 0.761 e. The summed E-state index contributed by atoms with van der Waals surface area (Å²) in [6.45, 7) is 0. The summed E-state index contributed by atoms with van der Waals surface area (Å²) >= 11 is 0. The summed E-state index contributed by atoms with van der Waals surface area (Å²) in [6.07, 6.45) is 0. The van der Waals surface area contributed by atoms with Gasteiger partial charge in [-0.3, -0.25) is 4.46 Å². The molecule has 0 saturated heterocycles. The van der Waals surface area contributed by atoms with Gasteiger partial charge in [0.2, 0.25) is 0 Å². The third-order valence-electron chi connectivity index (χ3n) is 0. The van der Waals surface area contributed by atoms with Crippen LogP contribution in [0.3, 0.4) is 0 Å². The second-order valence-corrected chi connectivity index (χ2v) is 0.848. The van der Waals surface area contributed by atoms with Crippen LogP contribution in [0.4, 0.5) is 0 Å². The van der Waals surface area contributed by atoms with Crippen molar-refractivity contribution in [1.29, 1.82) is 0 Å². The van der Waals surface area contributed by atoms with E-state index >= 15 is 0 Å². The molecular formula is H4NaO4Si. The third kappa shape index (κ3) is 176. The molecule has 0 heterocycles. The normalized spacial score (nSPS) is 4.00. The van der Waals surface area contributed by atoms with Crippen LogP contribution >= 0.6 is 0 Å². The molecule has 0 aromatic rings. The molecule has 0 unspecified atom stereocenters. The van der Waals surface area contributed by atoms with Crippen LogP contribution in [0.15, 0.2) is 0 Å². The van der Waals surface area contributed by atoms with Crippen LogP contribution in [0.5, 0.6) is 0 Å². The molecule has 4 N–H and O–H groups in total. The molecule has 0 rings (SSSR count). The topological polar surface area (TPSA) is 89.0 Å². The van der Waals surface area contributed by atoms with Gasteiger partial charge < -0.3 is 15.1 Å². The van der Waals surface area contributed by atoms with E-state index in [0.29, 0.717) is 0 Å². The summed E-state index contributed by atoms with van der Waals surface area (Å²) < 4.78 is 8.74. The van der Waals surface area contributed by atoms with Gasteiger partial charge in [0.25, 0.3) is 0 Å². The molecule has 0 fully saturated rings. The van der Waals surface area contributed by atoms with Crippen LogP contribution in [0.1, 0.15) is 0 Å². The quantitative estimate of drug-likeness (QED) is 0.337. The molecule has 0 spiro atoms. The SMILES string of the molecule is O.O=[Si](O)O.[Na]. The molecule has 33 valence electrons. The van der Waals surface area contributed by atoms with Gasteiger partial charge in [-0.1, -0.05) is 0 Å². The first-order chi connectivity index (χ1) is 1.73. The maximum absolute atomic E-state index is 8.74. The van der Waals surface area contributed by atoms with Crippen molar-refractivity contribution < 1.29 is 19.5 Å². The van der Waals surface area contributed by atoms with E-state index < -0.39 is 9.17 Å².